The number of anilines is 1. The number of aliphatic hydroxyl groups is 1. The van der Waals surface area contributed by atoms with E-state index in [0.717, 1.165) is 18.7 Å². The largest absolute Gasteiger partial charge is 0.389 e. The van der Waals surface area contributed by atoms with Crippen LogP contribution < -0.4 is 4.90 Å². The fraction of sp³-hybridized carbons (Fsp3) is 0.571. The van der Waals surface area contributed by atoms with Crippen molar-refractivity contribution in [3.8, 4) is 0 Å². The van der Waals surface area contributed by atoms with Crippen LogP contribution in [-0.4, -0.2) is 17.7 Å². The summed E-state index contributed by atoms with van der Waals surface area (Å²) >= 11 is 0. The molecular weight excluding hydrogens is 217 g/mol. The Balaban J connectivity index is 3.17. The minimum atomic E-state index is -0.654. The number of rotatable bonds is 5. The molecular formula is C14H22FNO. The molecule has 1 atom stereocenters. The number of benzene rings is 1. The highest BCUT2D eigenvalue weighted by Crippen LogP contribution is 2.28. The van der Waals surface area contributed by atoms with Crippen LogP contribution in [0.15, 0.2) is 18.2 Å². The van der Waals surface area contributed by atoms with Gasteiger partial charge < -0.3 is 10.0 Å². The SMILES string of the molecule is CCCN(c1ccc(F)cc1C(C)O)C(C)C. The summed E-state index contributed by atoms with van der Waals surface area (Å²) in [7, 11) is 0. The van der Waals surface area contributed by atoms with Crippen molar-refractivity contribution in [2.24, 2.45) is 0 Å². The van der Waals surface area contributed by atoms with Gasteiger partial charge in [-0.25, -0.2) is 4.39 Å². The third-order valence-corrected chi connectivity index (χ3v) is 2.84. The lowest BCUT2D eigenvalue weighted by Crippen LogP contribution is -2.32. The van der Waals surface area contributed by atoms with Crippen LogP contribution in [0.25, 0.3) is 0 Å². The topological polar surface area (TPSA) is 23.5 Å². The molecule has 1 unspecified atom stereocenters. The minimum Gasteiger partial charge on any atom is -0.389 e. The molecule has 1 rings (SSSR count). The van der Waals surface area contributed by atoms with Gasteiger partial charge >= 0.3 is 0 Å². The van der Waals surface area contributed by atoms with Crippen LogP contribution in [-0.2, 0) is 0 Å². The molecule has 96 valence electrons. The van der Waals surface area contributed by atoms with E-state index in [1.165, 1.54) is 12.1 Å². The zero-order chi connectivity index (χ0) is 13.0. The highest BCUT2D eigenvalue weighted by Gasteiger charge is 2.16. The quantitative estimate of drug-likeness (QED) is 0.850. The van der Waals surface area contributed by atoms with Crippen molar-refractivity contribution in [2.45, 2.75) is 46.3 Å². The molecule has 0 saturated carbocycles. The van der Waals surface area contributed by atoms with Crippen molar-refractivity contribution in [1.29, 1.82) is 0 Å². The summed E-state index contributed by atoms with van der Waals surface area (Å²) in [6.45, 7) is 8.89. The number of hydrogen-bond donors (Lipinski definition) is 1. The molecule has 0 amide bonds. The predicted molar refractivity (Wildman–Crippen MR) is 69.8 cm³/mol. The molecule has 2 nitrogen and oxygen atoms in total. The van der Waals surface area contributed by atoms with Gasteiger partial charge in [-0.3, -0.25) is 0 Å². The molecule has 0 saturated heterocycles. The first-order chi connectivity index (χ1) is 7.97. The molecule has 0 radical (unpaired) electrons. The van der Waals surface area contributed by atoms with Gasteiger partial charge in [0, 0.05) is 23.8 Å². The van der Waals surface area contributed by atoms with E-state index in [2.05, 4.69) is 25.7 Å². The highest BCUT2D eigenvalue weighted by molar-refractivity contribution is 5.55. The van der Waals surface area contributed by atoms with Crippen LogP contribution in [0.3, 0.4) is 0 Å². The number of hydrogen-bond acceptors (Lipinski definition) is 2. The third-order valence-electron chi connectivity index (χ3n) is 2.84. The average Bonchev–Trinajstić information content (AvgIpc) is 2.26. The Morgan fingerprint density at radius 1 is 1.29 bits per heavy atom. The first-order valence-electron chi connectivity index (χ1n) is 6.21. The number of nitrogens with zero attached hydrogens (tertiary/aromatic N) is 1. The smallest absolute Gasteiger partial charge is 0.123 e. The highest BCUT2D eigenvalue weighted by atomic mass is 19.1. The van der Waals surface area contributed by atoms with E-state index in [0.29, 0.717) is 11.6 Å². The van der Waals surface area contributed by atoms with E-state index in [-0.39, 0.29) is 5.82 Å². The fourth-order valence-corrected chi connectivity index (χ4v) is 2.02. The number of halogens is 1. The van der Waals surface area contributed by atoms with E-state index in [1.807, 2.05) is 0 Å². The van der Waals surface area contributed by atoms with Crippen LogP contribution in [0, 0.1) is 5.82 Å². The van der Waals surface area contributed by atoms with Gasteiger partial charge in [-0.2, -0.15) is 0 Å². The Bertz CT molecular complexity index is 363. The Labute approximate surface area is 103 Å². The standard InChI is InChI=1S/C14H22FNO/c1-5-8-16(10(2)3)14-7-6-12(15)9-13(14)11(4)17/h6-7,9-11,17H,5,8H2,1-4H3. The molecule has 3 heteroatoms. The Hall–Kier alpha value is -1.09. The monoisotopic (exact) mass is 239 g/mol. The van der Waals surface area contributed by atoms with Gasteiger partial charge in [-0.1, -0.05) is 6.92 Å². The van der Waals surface area contributed by atoms with Gasteiger partial charge in [0.2, 0.25) is 0 Å². The maximum absolute atomic E-state index is 13.2. The van der Waals surface area contributed by atoms with Crippen molar-refractivity contribution in [2.75, 3.05) is 11.4 Å². The van der Waals surface area contributed by atoms with Crippen molar-refractivity contribution in [3.05, 3.63) is 29.6 Å². The molecule has 0 fully saturated rings. The van der Waals surface area contributed by atoms with Crippen LogP contribution in [0.4, 0.5) is 10.1 Å². The van der Waals surface area contributed by atoms with E-state index >= 15 is 0 Å². The predicted octanol–water partition coefficient (Wildman–Crippen LogP) is 3.50. The molecule has 1 N–H and O–H groups in total. The first-order valence-corrected chi connectivity index (χ1v) is 6.21. The summed E-state index contributed by atoms with van der Waals surface area (Å²) in [6, 6.07) is 4.96. The Kier molecular flexibility index (Phi) is 4.94. The molecule has 0 aliphatic rings. The minimum absolute atomic E-state index is 0.301. The lowest BCUT2D eigenvalue weighted by Gasteiger charge is -2.31. The maximum Gasteiger partial charge on any atom is 0.123 e. The van der Waals surface area contributed by atoms with Gasteiger partial charge in [0.1, 0.15) is 5.82 Å². The van der Waals surface area contributed by atoms with Crippen molar-refractivity contribution >= 4 is 5.69 Å². The van der Waals surface area contributed by atoms with Crippen molar-refractivity contribution in [1.82, 2.24) is 0 Å². The molecule has 0 heterocycles. The Morgan fingerprint density at radius 2 is 1.94 bits per heavy atom. The van der Waals surface area contributed by atoms with Gasteiger partial charge in [0.25, 0.3) is 0 Å². The second-order valence-electron chi connectivity index (χ2n) is 4.67. The van der Waals surface area contributed by atoms with Crippen LogP contribution in [0.2, 0.25) is 0 Å². The summed E-state index contributed by atoms with van der Waals surface area (Å²) in [6.07, 6.45) is 0.369. The van der Waals surface area contributed by atoms with E-state index < -0.39 is 6.10 Å². The molecule has 0 aliphatic carbocycles. The third kappa shape index (κ3) is 3.43. The van der Waals surface area contributed by atoms with Crippen LogP contribution in [0.1, 0.15) is 45.8 Å². The molecule has 0 aliphatic heterocycles. The molecule has 1 aromatic carbocycles. The van der Waals surface area contributed by atoms with E-state index in [1.54, 1.807) is 13.0 Å². The first kappa shape index (κ1) is 14.0. The number of aliphatic hydroxyl groups excluding tert-OH is 1. The molecule has 17 heavy (non-hydrogen) atoms. The summed E-state index contributed by atoms with van der Waals surface area (Å²) in [5, 5.41) is 9.73. The van der Waals surface area contributed by atoms with Gasteiger partial charge in [0.15, 0.2) is 0 Å². The lowest BCUT2D eigenvalue weighted by molar-refractivity contribution is 0.199. The average molecular weight is 239 g/mol. The summed E-state index contributed by atoms with van der Waals surface area (Å²) < 4.78 is 13.2. The summed E-state index contributed by atoms with van der Waals surface area (Å²) in [4.78, 5) is 2.20. The van der Waals surface area contributed by atoms with Crippen LogP contribution >= 0.6 is 0 Å². The van der Waals surface area contributed by atoms with Gasteiger partial charge in [-0.05, 0) is 45.4 Å². The van der Waals surface area contributed by atoms with Gasteiger partial charge in [-0.15, -0.1) is 0 Å². The molecule has 0 aromatic heterocycles. The lowest BCUT2D eigenvalue weighted by atomic mass is 10.1. The van der Waals surface area contributed by atoms with E-state index in [4.69, 9.17) is 0 Å². The second kappa shape index (κ2) is 6.01. The second-order valence-corrected chi connectivity index (χ2v) is 4.67. The fourth-order valence-electron chi connectivity index (χ4n) is 2.02. The zero-order valence-electron chi connectivity index (χ0n) is 11.1. The van der Waals surface area contributed by atoms with E-state index in [9.17, 15) is 9.50 Å². The molecule has 1 aromatic rings. The van der Waals surface area contributed by atoms with Gasteiger partial charge in [0.05, 0.1) is 6.10 Å². The normalized spacial score (nSPS) is 12.9. The zero-order valence-corrected chi connectivity index (χ0v) is 11.1. The van der Waals surface area contributed by atoms with Crippen LogP contribution in [0.5, 0.6) is 0 Å². The Morgan fingerprint density at radius 3 is 2.41 bits per heavy atom. The summed E-state index contributed by atoms with van der Waals surface area (Å²) in [5.41, 5.74) is 1.59. The maximum atomic E-state index is 13.2. The molecule has 0 bridgehead atoms. The molecule has 0 spiro atoms. The summed E-state index contributed by atoms with van der Waals surface area (Å²) in [5.74, 6) is -0.301. The van der Waals surface area contributed by atoms with Crippen molar-refractivity contribution < 1.29 is 9.50 Å². The van der Waals surface area contributed by atoms with Crippen molar-refractivity contribution in [3.63, 3.8) is 0 Å².